The first kappa shape index (κ1) is 9.03. The van der Waals surface area contributed by atoms with Gasteiger partial charge < -0.3 is 11.5 Å². The Bertz CT molecular complexity index is 449. The van der Waals surface area contributed by atoms with Crippen molar-refractivity contribution in [1.29, 1.82) is 0 Å². The molecule has 0 saturated heterocycles. The average molecular weight is 186 g/mol. The fourth-order valence-corrected chi connectivity index (χ4v) is 1.64. The molecule has 2 nitrogen and oxygen atoms in total. The number of benzene rings is 2. The van der Waals surface area contributed by atoms with Gasteiger partial charge in [0.15, 0.2) is 0 Å². The van der Waals surface area contributed by atoms with E-state index in [2.05, 4.69) is 18.2 Å². The van der Waals surface area contributed by atoms with Crippen molar-refractivity contribution in [2.24, 2.45) is 5.73 Å². The molecule has 0 fully saturated rings. The van der Waals surface area contributed by atoms with Crippen molar-refractivity contribution in [3.63, 3.8) is 0 Å². The summed E-state index contributed by atoms with van der Waals surface area (Å²) >= 11 is 0. The van der Waals surface area contributed by atoms with Crippen LogP contribution in [-0.4, -0.2) is 6.54 Å². The third-order valence-corrected chi connectivity index (χ3v) is 2.36. The standard InChI is InChI=1S/C12H14N2/c13-6-5-9-1-2-11-8-12(14)4-3-10(11)7-9/h1-4,7-8H,5-6,13-14H2. The summed E-state index contributed by atoms with van der Waals surface area (Å²) < 4.78 is 0. The second-order valence-corrected chi connectivity index (χ2v) is 3.48. The fraction of sp³-hybridized carbons (Fsp3) is 0.167. The molecule has 0 radical (unpaired) electrons. The molecule has 2 aromatic rings. The smallest absolute Gasteiger partial charge is 0.0320 e. The summed E-state index contributed by atoms with van der Waals surface area (Å²) in [6.45, 7) is 0.695. The van der Waals surface area contributed by atoms with Crippen LogP contribution in [0.3, 0.4) is 0 Å². The van der Waals surface area contributed by atoms with E-state index < -0.39 is 0 Å². The third-order valence-electron chi connectivity index (χ3n) is 2.36. The Morgan fingerprint density at radius 1 is 0.929 bits per heavy atom. The number of anilines is 1. The second kappa shape index (κ2) is 3.68. The van der Waals surface area contributed by atoms with Gasteiger partial charge in [0.25, 0.3) is 0 Å². The van der Waals surface area contributed by atoms with Gasteiger partial charge in [0.05, 0.1) is 0 Å². The molecular formula is C12H14N2. The second-order valence-electron chi connectivity index (χ2n) is 3.48. The monoisotopic (exact) mass is 186 g/mol. The van der Waals surface area contributed by atoms with Crippen LogP contribution in [0.1, 0.15) is 5.56 Å². The van der Waals surface area contributed by atoms with E-state index in [4.69, 9.17) is 11.5 Å². The maximum atomic E-state index is 5.70. The first-order valence-electron chi connectivity index (χ1n) is 4.78. The lowest BCUT2D eigenvalue weighted by molar-refractivity contribution is 0.971. The largest absolute Gasteiger partial charge is 0.399 e. The van der Waals surface area contributed by atoms with Gasteiger partial charge in [-0.25, -0.2) is 0 Å². The van der Waals surface area contributed by atoms with Crippen LogP contribution in [0.2, 0.25) is 0 Å². The SMILES string of the molecule is NCCc1ccc2cc(N)ccc2c1. The number of nitrogen functional groups attached to an aromatic ring is 1. The Hall–Kier alpha value is -1.54. The lowest BCUT2D eigenvalue weighted by Gasteiger charge is -2.03. The molecule has 4 N–H and O–H groups in total. The quantitative estimate of drug-likeness (QED) is 0.704. The normalized spacial score (nSPS) is 10.6. The molecule has 0 unspecified atom stereocenters. The van der Waals surface area contributed by atoms with Crippen molar-refractivity contribution < 1.29 is 0 Å². The highest BCUT2D eigenvalue weighted by molar-refractivity contribution is 5.85. The highest BCUT2D eigenvalue weighted by Crippen LogP contribution is 2.18. The Labute approximate surface area is 83.5 Å². The zero-order valence-corrected chi connectivity index (χ0v) is 8.03. The van der Waals surface area contributed by atoms with Crippen LogP contribution in [0, 0.1) is 0 Å². The van der Waals surface area contributed by atoms with Crippen LogP contribution in [0.25, 0.3) is 10.8 Å². The number of hydrogen-bond acceptors (Lipinski definition) is 2. The summed E-state index contributed by atoms with van der Waals surface area (Å²) in [5, 5.41) is 2.41. The molecule has 0 bridgehead atoms. The minimum atomic E-state index is 0.695. The first-order valence-corrected chi connectivity index (χ1v) is 4.78. The predicted octanol–water partition coefficient (Wildman–Crippen LogP) is 1.92. The summed E-state index contributed by atoms with van der Waals surface area (Å²) in [7, 11) is 0. The lowest BCUT2D eigenvalue weighted by Crippen LogP contribution is -2.02. The van der Waals surface area contributed by atoms with Crippen molar-refractivity contribution in [2.75, 3.05) is 12.3 Å². The highest BCUT2D eigenvalue weighted by Gasteiger charge is 1.96. The maximum Gasteiger partial charge on any atom is 0.0320 e. The van der Waals surface area contributed by atoms with Gasteiger partial charge in [-0.05, 0) is 41.4 Å². The molecule has 0 atom stereocenters. The minimum Gasteiger partial charge on any atom is -0.399 e. The Morgan fingerprint density at radius 2 is 1.64 bits per heavy atom. The van der Waals surface area contributed by atoms with E-state index in [0.29, 0.717) is 6.54 Å². The topological polar surface area (TPSA) is 52.0 Å². The molecule has 0 aromatic heterocycles. The van der Waals surface area contributed by atoms with Crippen molar-refractivity contribution in [1.82, 2.24) is 0 Å². The Balaban J connectivity index is 2.50. The number of rotatable bonds is 2. The van der Waals surface area contributed by atoms with Crippen LogP contribution >= 0.6 is 0 Å². The van der Waals surface area contributed by atoms with Crippen molar-refractivity contribution in [2.45, 2.75) is 6.42 Å². The van der Waals surface area contributed by atoms with Gasteiger partial charge in [0.2, 0.25) is 0 Å². The molecule has 0 aliphatic carbocycles. The van der Waals surface area contributed by atoms with E-state index in [0.717, 1.165) is 12.1 Å². The molecule has 72 valence electrons. The van der Waals surface area contributed by atoms with Crippen LogP contribution in [0.4, 0.5) is 5.69 Å². The summed E-state index contributed by atoms with van der Waals surface area (Å²) in [5.74, 6) is 0. The third kappa shape index (κ3) is 1.70. The van der Waals surface area contributed by atoms with Gasteiger partial charge >= 0.3 is 0 Å². The Kier molecular flexibility index (Phi) is 2.37. The summed E-state index contributed by atoms with van der Waals surface area (Å²) in [6.07, 6.45) is 0.931. The van der Waals surface area contributed by atoms with Crippen LogP contribution in [-0.2, 0) is 6.42 Å². The van der Waals surface area contributed by atoms with Gasteiger partial charge in [-0.15, -0.1) is 0 Å². The molecule has 2 heteroatoms. The van der Waals surface area contributed by atoms with E-state index >= 15 is 0 Å². The molecule has 0 aliphatic heterocycles. The molecule has 14 heavy (non-hydrogen) atoms. The van der Waals surface area contributed by atoms with E-state index in [1.54, 1.807) is 0 Å². The zero-order chi connectivity index (χ0) is 9.97. The number of fused-ring (bicyclic) bond motifs is 1. The summed E-state index contributed by atoms with van der Waals surface area (Å²) in [4.78, 5) is 0. The summed E-state index contributed by atoms with van der Waals surface area (Å²) in [6, 6.07) is 12.3. The van der Waals surface area contributed by atoms with E-state index in [-0.39, 0.29) is 0 Å². The van der Waals surface area contributed by atoms with E-state index in [9.17, 15) is 0 Å². The molecular weight excluding hydrogens is 172 g/mol. The lowest BCUT2D eigenvalue weighted by atomic mass is 10.0. The highest BCUT2D eigenvalue weighted by atomic mass is 14.5. The van der Waals surface area contributed by atoms with Crippen LogP contribution < -0.4 is 11.5 Å². The average Bonchev–Trinajstić information content (AvgIpc) is 2.19. The number of nitrogens with two attached hydrogens (primary N) is 2. The molecule has 2 aromatic carbocycles. The Morgan fingerprint density at radius 3 is 2.43 bits per heavy atom. The molecule has 0 spiro atoms. The zero-order valence-electron chi connectivity index (χ0n) is 8.03. The van der Waals surface area contributed by atoms with Crippen LogP contribution in [0.15, 0.2) is 36.4 Å². The maximum absolute atomic E-state index is 5.70. The van der Waals surface area contributed by atoms with Crippen molar-refractivity contribution in [3.05, 3.63) is 42.0 Å². The number of hydrogen-bond donors (Lipinski definition) is 2. The molecule has 0 heterocycles. The van der Waals surface area contributed by atoms with Crippen LogP contribution in [0.5, 0.6) is 0 Å². The van der Waals surface area contributed by atoms with Crippen molar-refractivity contribution >= 4 is 16.5 Å². The van der Waals surface area contributed by atoms with Gasteiger partial charge in [-0.1, -0.05) is 24.3 Å². The molecule has 0 aliphatic rings. The molecule has 0 saturated carbocycles. The van der Waals surface area contributed by atoms with Gasteiger partial charge in [-0.3, -0.25) is 0 Å². The van der Waals surface area contributed by atoms with Gasteiger partial charge in [-0.2, -0.15) is 0 Å². The summed E-state index contributed by atoms with van der Waals surface area (Å²) in [5.41, 5.74) is 13.3. The van der Waals surface area contributed by atoms with Crippen molar-refractivity contribution in [3.8, 4) is 0 Å². The molecule has 2 rings (SSSR count). The van der Waals surface area contributed by atoms with E-state index in [1.165, 1.54) is 16.3 Å². The fourth-order valence-electron chi connectivity index (χ4n) is 1.64. The van der Waals surface area contributed by atoms with Gasteiger partial charge in [0, 0.05) is 5.69 Å². The molecule has 0 amide bonds. The van der Waals surface area contributed by atoms with Gasteiger partial charge in [0.1, 0.15) is 0 Å². The minimum absolute atomic E-state index is 0.695. The predicted molar refractivity (Wildman–Crippen MR) is 61.1 cm³/mol. The van der Waals surface area contributed by atoms with E-state index in [1.807, 2.05) is 18.2 Å². The first-order chi connectivity index (χ1) is 6.79.